The van der Waals surface area contributed by atoms with E-state index in [9.17, 15) is 10.1 Å². The third-order valence-electron chi connectivity index (χ3n) is 2.63. The number of hydrogen-bond donors (Lipinski definition) is 1. The summed E-state index contributed by atoms with van der Waals surface area (Å²) >= 11 is 2.13. The van der Waals surface area contributed by atoms with Crippen molar-refractivity contribution in [1.29, 1.82) is 0 Å². The van der Waals surface area contributed by atoms with Crippen LogP contribution in [0.2, 0.25) is 0 Å². The smallest absolute Gasteiger partial charge is 0.270 e. The molecule has 0 unspecified atom stereocenters. The molecule has 4 nitrogen and oxygen atoms in total. The first kappa shape index (κ1) is 10.7. The Morgan fingerprint density at radius 3 is 2.67 bits per heavy atom. The van der Waals surface area contributed by atoms with Gasteiger partial charge >= 0.3 is 0 Å². The number of anilines is 1. The molecule has 15 heavy (non-hydrogen) atoms. The van der Waals surface area contributed by atoms with Crippen LogP contribution in [-0.2, 0) is 0 Å². The highest BCUT2D eigenvalue weighted by Crippen LogP contribution is 2.28. The summed E-state index contributed by atoms with van der Waals surface area (Å²) in [6.07, 6.45) is 3.68. The van der Waals surface area contributed by atoms with E-state index in [0.29, 0.717) is 6.04 Å². The Bertz CT molecular complexity index is 391. The fourth-order valence-corrected chi connectivity index (χ4v) is 2.16. The van der Waals surface area contributed by atoms with Gasteiger partial charge in [-0.25, -0.2) is 0 Å². The molecule has 0 spiro atoms. The van der Waals surface area contributed by atoms with E-state index in [-0.39, 0.29) is 10.6 Å². The predicted octanol–water partition coefficient (Wildman–Crippen LogP) is 3.16. The summed E-state index contributed by atoms with van der Waals surface area (Å²) in [5.74, 6) is 0. The van der Waals surface area contributed by atoms with Crippen molar-refractivity contribution < 1.29 is 4.92 Å². The minimum atomic E-state index is -0.366. The first-order chi connectivity index (χ1) is 7.16. The van der Waals surface area contributed by atoms with Crippen LogP contribution in [0.15, 0.2) is 18.2 Å². The van der Waals surface area contributed by atoms with Gasteiger partial charge in [-0.1, -0.05) is 0 Å². The van der Waals surface area contributed by atoms with Gasteiger partial charge in [-0.3, -0.25) is 10.1 Å². The van der Waals surface area contributed by atoms with Gasteiger partial charge in [0.15, 0.2) is 0 Å². The third kappa shape index (κ3) is 2.39. The molecule has 0 aromatic heterocycles. The van der Waals surface area contributed by atoms with Gasteiger partial charge in [-0.2, -0.15) is 0 Å². The van der Waals surface area contributed by atoms with Gasteiger partial charge in [0, 0.05) is 27.4 Å². The molecule has 1 saturated carbocycles. The highest BCUT2D eigenvalue weighted by atomic mass is 127. The van der Waals surface area contributed by atoms with Crippen molar-refractivity contribution in [2.24, 2.45) is 0 Å². The number of benzene rings is 1. The van der Waals surface area contributed by atoms with Crippen LogP contribution in [0.5, 0.6) is 0 Å². The molecule has 0 atom stereocenters. The van der Waals surface area contributed by atoms with Crippen molar-refractivity contribution in [3.63, 3.8) is 0 Å². The van der Waals surface area contributed by atoms with Crippen LogP contribution in [0.4, 0.5) is 11.4 Å². The lowest BCUT2D eigenvalue weighted by Crippen LogP contribution is -2.27. The molecule has 1 aromatic rings. The summed E-state index contributed by atoms with van der Waals surface area (Å²) in [5, 5.41) is 13.9. The van der Waals surface area contributed by atoms with E-state index in [2.05, 4.69) is 27.9 Å². The van der Waals surface area contributed by atoms with Crippen molar-refractivity contribution in [3.8, 4) is 0 Å². The van der Waals surface area contributed by atoms with E-state index >= 15 is 0 Å². The summed E-state index contributed by atoms with van der Waals surface area (Å²) in [5.41, 5.74) is 1.16. The van der Waals surface area contributed by atoms with Gasteiger partial charge in [0.1, 0.15) is 0 Å². The van der Waals surface area contributed by atoms with Gasteiger partial charge in [0.2, 0.25) is 0 Å². The number of hydrogen-bond acceptors (Lipinski definition) is 3. The van der Waals surface area contributed by atoms with Gasteiger partial charge < -0.3 is 5.32 Å². The standard InChI is InChI=1S/C10H11IN2O2/c11-9-6-8(13(14)15)4-5-10(9)12-7-2-1-3-7/h4-7,12H,1-3H2. The molecule has 0 amide bonds. The zero-order valence-corrected chi connectivity index (χ0v) is 10.2. The summed E-state index contributed by atoms with van der Waals surface area (Å²) in [6, 6.07) is 5.49. The van der Waals surface area contributed by atoms with E-state index in [1.807, 2.05) is 0 Å². The lowest BCUT2D eigenvalue weighted by atomic mass is 9.93. The van der Waals surface area contributed by atoms with Crippen LogP contribution in [0, 0.1) is 13.7 Å². The Labute approximate surface area is 101 Å². The number of nitrogens with zero attached hydrogens (tertiary/aromatic N) is 1. The largest absolute Gasteiger partial charge is 0.381 e. The number of nitro benzene ring substituents is 1. The molecule has 0 saturated heterocycles. The normalized spacial score (nSPS) is 15.8. The fraction of sp³-hybridized carbons (Fsp3) is 0.400. The van der Waals surface area contributed by atoms with E-state index in [0.717, 1.165) is 9.26 Å². The number of nitro groups is 1. The maximum absolute atomic E-state index is 10.5. The number of rotatable bonds is 3. The van der Waals surface area contributed by atoms with E-state index in [1.165, 1.54) is 19.3 Å². The van der Waals surface area contributed by atoms with Crippen LogP contribution in [0.1, 0.15) is 19.3 Å². The minimum Gasteiger partial charge on any atom is -0.381 e. The van der Waals surface area contributed by atoms with Crippen molar-refractivity contribution in [2.75, 3.05) is 5.32 Å². The molecule has 1 fully saturated rings. The highest BCUT2D eigenvalue weighted by molar-refractivity contribution is 14.1. The molecule has 1 aliphatic carbocycles. The zero-order valence-electron chi connectivity index (χ0n) is 8.07. The molecule has 0 radical (unpaired) electrons. The lowest BCUT2D eigenvalue weighted by molar-refractivity contribution is -0.384. The Balaban J connectivity index is 2.14. The summed E-state index contributed by atoms with van der Waals surface area (Å²) in [4.78, 5) is 10.2. The molecule has 0 bridgehead atoms. The van der Waals surface area contributed by atoms with Crippen LogP contribution >= 0.6 is 22.6 Å². The Morgan fingerprint density at radius 2 is 2.20 bits per heavy atom. The van der Waals surface area contributed by atoms with Gasteiger partial charge in [-0.05, 0) is 47.9 Å². The fourth-order valence-electron chi connectivity index (χ4n) is 1.51. The summed E-state index contributed by atoms with van der Waals surface area (Å²) < 4.78 is 0.911. The number of halogens is 1. The van der Waals surface area contributed by atoms with E-state index in [1.54, 1.807) is 18.2 Å². The van der Waals surface area contributed by atoms with Crippen LogP contribution in [-0.4, -0.2) is 11.0 Å². The maximum Gasteiger partial charge on any atom is 0.270 e. The molecule has 5 heteroatoms. The second-order valence-corrected chi connectivity index (χ2v) is 4.86. The first-order valence-corrected chi connectivity index (χ1v) is 5.95. The maximum atomic E-state index is 10.5. The molecule has 2 rings (SSSR count). The molecule has 1 N–H and O–H groups in total. The zero-order chi connectivity index (χ0) is 10.8. The Hall–Kier alpha value is -0.850. The first-order valence-electron chi connectivity index (χ1n) is 4.87. The van der Waals surface area contributed by atoms with Crippen molar-refractivity contribution in [1.82, 2.24) is 0 Å². The van der Waals surface area contributed by atoms with Gasteiger partial charge in [-0.15, -0.1) is 0 Å². The molecular weight excluding hydrogens is 307 g/mol. The van der Waals surface area contributed by atoms with Crippen molar-refractivity contribution in [2.45, 2.75) is 25.3 Å². The summed E-state index contributed by atoms with van der Waals surface area (Å²) in [6.45, 7) is 0. The molecule has 1 aliphatic rings. The van der Waals surface area contributed by atoms with Gasteiger partial charge in [0.05, 0.1) is 4.92 Å². The van der Waals surface area contributed by atoms with Crippen LogP contribution < -0.4 is 5.32 Å². The topological polar surface area (TPSA) is 55.2 Å². The SMILES string of the molecule is O=[N+]([O-])c1ccc(NC2CCC2)c(I)c1. The number of non-ortho nitro benzene ring substituents is 1. The van der Waals surface area contributed by atoms with Gasteiger partial charge in [0.25, 0.3) is 5.69 Å². The lowest BCUT2D eigenvalue weighted by Gasteiger charge is -2.27. The molecule has 80 valence electrons. The highest BCUT2D eigenvalue weighted by Gasteiger charge is 2.18. The number of nitrogens with one attached hydrogen (secondary N) is 1. The average molecular weight is 318 g/mol. The second-order valence-electron chi connectivity index (χ2n) is 3.69. The van der Waals surface area contributed by atoms with Crippen LogP contribution in [0.25, 0.3) is 0 Å². The molecule has 0 heterocycles. The quantitative estimate of drug-likeness (QED) is 0.529. The minimum absolute atomic E-state index is 0.151. The second kappa shape index (κ2) is 4.34. The van der Waals surface area contributed by atoms with Crippen molar-refractivity contribution in [3.05, 3.63) is 31.9 Å². The Morgan fingerprint density at radius 1 is 1.47 bits per heavy atom. The van der Waals surface area contributed by atoms with Crippen molar-refractivity contribution >= 4 is 34.0 Å². The Kier molecular flexibility index (Phi) is 3.08. The average Bonchev–Trinajstić information content (AvgIpc) is 2.12. The third-order valence-corrected chi connectivity index (χ3v) is 3.52. The molecular formula is C10H11IN2O2. The van der Waals surface area contributed by atoms with Crippen LogP contribution in [0.3, 0.4) is 0 Å². The van der Waals surface area contributed by atoms with E-state index in [4.69, 9.17) is 0 Å². The molecule has 0 aliphatic heterocycles. The van der Waals surface area contributed by atoms with E-state index < -0.39 is 0 Å². The summed E-state index contributed by atoms with van der Waals surface area (Å²) in [7, 11) is 0. The predicted molar refractivity (Wildman–Crippen MR) is 67.1 cm³/mol. The monoisotopic (exact) mass is 318 g/mol. The molecule has 1 aromatic carbocycles.